The third-order valence-corrected chi connectivity index (χ3v) is 3.57. The number of hydrogen-bond acceptors (Lipinski definition) is 2. The van der Waals surface area contributed by atoms with E-state index in [4.69, 9.17) is 16.9 Å². The molecule has 84 valence electrons. The van der Waals surface area contributed by atoms with Crippen molar-refractivity contribution in [3.63, 3.8) is 0 Å². The third-order valence-electron chi connectivity index (χ3n) is 3.23. The fraction of sp³-hybridized carbons (Fsp3) is 0.462. The van der Waals surface area contributed by atoms with Gasteiger partial charge in [0.15, 0.2) is 0 Å². The zero-order valence-corrected chi connectivity index (χ0v) is 9.95. The molecule has 1 saturated heterocycles. The number of piperidine rings is 1. The monoisotopic (exact) mass is 234 g/mol. The Morgan fingerprint density at radius 1 is 1.31 bits per heavy atom. The molecule has 16 heavy (non-hydrogen) atoms. The highest BCUT2D eigenvalue weighted by Crippen LogP contribution is 2.32. The summed E-state index contributed by atoms with van der Waals surface area (Å²) in [6, 6.07) is 10.3. The predicted molar refractivity (Wildman–Crippen MR) is 65.5 cm³/mol. The minimum absolute atomic E-state index is 0.551. The van der Waals surface area contributed by atoms with Gasteiger partial charge in [0.25, 0.3) is 0 Å². The maximum Gasteiger partial charge on any atom is 0.0865 e. The molecule has 1 fully saturated rings. The van der Waals surface area contributed by atoms with E-state index < -0.39 is 0 Å². The van der Waals surface area contributed by atoms with Crippen LogP contribution in [0.1, 0.15) is 24.3 Å². The van der Waals surface area contributed by atoms with Gasteiger partial charge in [-0.1, -0.05) is 29.8 Å². The lowest BCUT2D eigenvalue weighted by atomic mass is 9.89. The fourth-order valence-electron chi connectivity index (χ4n) is 2.31. The highest BCUT2D eigenvalue weighted by molar-refractivity contribution is 6.31. The van der Waals surface area contributed by atoms with Gasteiger partial charge in [0.2, 0.25) is 0 Å². The van der Waals surface area contributed by atoms with Crippen LogP contribution in [0.4, 0.5) is 0 Å². The second-order valence-corrected chi connectivity index (χ2v) is 4.64. The summed E-state index contributed by atoms with van der Waals surface area (Å²) in [5.74, 6) is 0.559. The normalized spacial score (nSPS) is 18.2. The first kappa shape index (κ1) is 11.4. The molecule has 1 heterocycles. The van der Waals surface area contributed by atoms with Crippen molar-refractivity contribution in [1.82, 2.24) is 4.90 Å². The van der Waals surface area contributed by atoms with E-state index in [9.17, 15) is 0 Å². The second-order valence-electron chi connectivity index (χ2n) is 4.23. The molecule has 2 rings (SSSR count). The maximum absolute atomic E-state index is 8.63. The molecule has 0 amide bonds. The molecule has 0 aliphatic carbocycles. The van der Waals surface area contributed by atoms with Gasteiger partial charge in [0.05, 0.1) is 12.6 Å². The molecule has 3 heteroatoms. The van der Waals surface area contributed by atoms with Crippen molar-refractivity contribution < 1.29 is 0 Å². The van der Waals surface area contributed by atoms with Crippen LogP contribution in [0.3, 0.4) is 0 Å². The Morgan fingerprint density at radius 2 is 2.00 bits per heavy atom. The molecule has 0 radical (unpaired) electrons. The average Bonchev–Trinajstić information content (AvgIpc) is 2.31. The molecule has 1 aromatic rings. The van der Waals surface area contributed by atoms with Gasteiger partial charge in [-0.2, -0.15) is 5.26 Å². The summed E-state index contributed by atoms with van der Waals surface area (Å²) >= 11 is 6.19. The molecule has 0 N–H and O–H groups in total. The quantitative estimate of drug-likeness (QED) is 0.736. The molecule has 1 aliphatic rings. The molecular formula is C13H15ClN2. The van der Waals surface area contributed by atoms with Crippen molar-refractivity contribution in [3.05, 3.63) is 34.9 Å². The number of nitrogens with zero attached hydrogens (tertiary/aromatic N) is 2. The minimum atomic E-state index is 0.551. The van der Waals surface area contributed by atoms with Gasteiger partial charge in [-0.25, -0.2) is 0 Å². The van der Waals surface area contributed by atoms with Crippen molar-refractivity contribution >= 4 is 11.6 Å². The first-order valence-electron chi connectivity index (χ1n) is 5.65. The number of rotatable bonds is 2. The average molecular weight is 235 g/mol. The lowest BCUT2D eigenvalue weighted by Crippen LogP contribution is -2.33. The first-order chi connectivity index (χ1) is 7.81. The van der Waals surface area contributed by atoms with E-state index in [0.717, 1.165) is 31.0 Å². The summed E-state index contributed by atoms with van der Waals surface area (Å²) in [4.78, 5) is 2.20. The number of likely N-dealkylation sites (tertiary alicyclic amines) is 1. The zero-order chi connectivity index (χ0) is 11.4. The Bertz CT molecular complexity index is 389. The lowest BCUT2D eigenvalue weighted by Gasteiger charge is -2.30. The van der Waals surface area contributed by atoms with Crippen molar-refractivity contribution in [2.24, 2.45) is 0 Å². The largest absolute Gasteiger partial charge is 0.291 e. The molecule has 1 aromatic carbocycles. The molecule has 0 bridgehead atoms. The van der Waals surface area contributed by atoms with Gasteiger partial charge in [-0.05, 0) is 43.5 Å². The summed E-state index contributed by atoms with van der Waals surface area (Å²) in [7, 11) is 0. The van der Waals surface area contributed by atoms with Crippen LogP contribution < -0.4 is 0 Å². The molecule has 0 atom stereocenters. The van der Waals surface area contributed by atoms with Gasteiger partial charge < -0.3 is 0 Å². The Balaban J connectivity index is 2.00. The molecule has 0 spiro atoms. The standard InChI is InChI=1S/C13H15ClN2/c14-13-4-2-1-3-12(13)11-5-8-16(9-6-11)10-7-15/h1-4,11H,5-6,8-10H2. The SMILES string of the molecule is N#CCN1CCC(c2ccccc2Cl)CC1. The molecule has 0 saturated carbocycles. The smallest absolute Gasteiger partial charge is 0.0865 e. The Morgan fingerprint density at radius 3 is 2.62 bits per heavy atom. The van der Waals surface area contributed by atoms with E-state index in [2.05, 4.69) is 17.0 Å². The number of nitriles is 1. The summed E-state index contributed by atoms with van der Waals surface area (Å²) in [5, 5.41) is 9.51. The van der Waals surface area contributed by atoms with Crippen LogP contribution >= 0.6 is 11.6 Å². The van der Waals surface area contributed by atoms with Crippen molar-refractivity contribution in [3.8, 4) is 6.07 Å². The van der Waals surface area contributed by atoms with Gasteiger partial charge in [-0.3, -0.25) is 4.90 Å². The summed E-state index contributed by atoms with van der Waals surface area (Å²) in [6.07, 6.45) is 2.21. The Labute approximate surface area is 101 Å². The van der Waals surface area contributed by atoms with Crippen LogP contribution in [0.25, 0.3) is 0 Å². The Hall–Kier alpha value is -1.04. The van der Waals surface area contributed by atoms with E-state index >= 15 is 0 Å². The second kappa shape index (κ2) is 5.34. The van der Waals surface area contributed by atoms with Crippen molar-refractivity contribution in [2.45, 2.75) is 18.8 Å². The van der Waals surface area contributed by atoms with E-state index in [1.54, 1.807) is 0 Å². The minimum Gasteiger partial charge on any atom is -0.291 e. The van der Waals surface area contributed by atoms with Crippen molar-refractivity contribution in [2.75, 3.05) is 19.6 Å². The van der Waals surface area contributed by atoms with E-state index in [-0.39, 0.29) is 0 Å². The van der Waals surface area contributed by atoms with Crippen LogP contribution in [0.15, 0.2) is 24.3 Å². The summed E-state index contributed by atoms with van der Waals surface area (Å²) < 4.78 is 0. The van der Waals surface area contributed by atoms with Gasteiger partial charge in [0.1, 0.15) is 0 Å². The number of hydrogen-bond donors (Lipinski definition) is 0. The van der Waals surface area contributed by atoms with Crippen molar-refractivity contribution in [1.29, 1.82) is 5.26 Å². The summed E-state index contributed by atoms with van der Waals surface area (Å²) in [6.45, 7) is 2.56. The zero-order valence-electron chi connectivity index (χ0n) is 9.19. The van der Waals surface area contributed by atoms with Gasteiger partial charge in [0, 0.05) is 5.02 Å². The van der Waals surface area contributed by atoms with Crippen LogP contribution in [-0.4, -0.2) is 24.5 Å². The first-order valence-corrected chi connectivity index (χ1v) is 6.03. The van der Waals surface area contributed by atoms with Crippen LogP contribution in [0.2, 0.25) is 5.02 Å². The molecule has 2 nitrogen and oxygen atoms in total. The number of halogens is 1. The van der Waals surface area contributed by atoms with Gasteiger partial charge >= 0.3 is 0 Å². The molecule has 0 unspecified atom stereocenters. The van der Waals surface area contributed by atoms with Crippen LogP contribution in [-0.2, 0) is 0 Å². The lowest BCUT2D eigenvalue weighted by molar-refractivity contribution is 0.235. The molecular weight excluding hydrogens is 220 g/mol. The highest BCUT2D eigenvalue weighted by atomic mass is 35.5. The molecule has 0 aromatic heterocycles. The van der Waals surface area contributed by atoms with E-state index in [0.29, 0.717) is 12.5 Å². The fourth-order valence-corrected chi connectivity index (χ4v) is 2.60. The number of benzene rings is 1. The van der Waals surface area contributed by atoms with Crippen LogP contribution in [0, 0.1) is 11.3 Å². The van der Waals surface area contributed by atoms with E-state index in [1.165, 1.54) is 5.56 Å². The highest BCUT2D eigenvalue weighted by Gasteiger charge is 2.21. The topological polar surface area (TPSA) is 27.0 Å². The maximum atomic E-state index is 8.63. The Kier molecular flexibility index (Phi) is 3.82. The van der Waals surface area contributed by atoms with E-state index in [1.807, 2.05) is 18.2 Å². The third kappa shape index (κ3) is 2.55. The molecule has 1 aliphatic heterocycles. The predicted octanol–water partition coefficient (Wildman–Crippen LogP) is 3.04. The van der Waals surface area contributed by atoms with Gasteiger partial charge in [-0.15, -0.1) is 0 Å². The summed E-state index contributed by atoms with van der Waals surface area (Å²) in [5.41, 5.74) is 1.26. The van der Waals surface area contributed by atoms with Crippen LogP contribution in [0.5, 0.6) is 0 Å².